The van der Waals surface area contributed by atoms with Crippen molar-refractivity contribution in [2.75, 3.05) is 49.0 Å². The van der Waals surface area contributed by atoms with E-state index in [1.54, 1.807) is 18.5 Å². The van der Waals surface area contributed by atoms with Crippen molar-refractivity contribution >= 4 is 51.2 Å². The third-order valence-electron chi connectivity index (χ3n) is 12.5. The van der Waals surface area contributed by atoms with Crippen molar-refractivity contribution in [1.29, 1.82) is 0 Å². The number of rotatable bonds is 14. The molecule has 0 bridgehead atoms. The Hall–Kier alpha value is -6.44. The largest absolute Gasteiger partial charge is 0.510 e. The molecule has 0 unspecified atom stereocenters. The summed E-state index contributed by atoms with van der Waals surface area (Å²) < 4.78 is 6.31. The van der Waals surface area contributed by atoms with E-state index in [1.807, 2.05) is 36.4 Å². The van der Waals surface area contributed by atoms with Crippen LogP contribution in [0.5, 0.6) is 11.5 Å². The van der Waals surface area contributed by atoms with E-state index in [0.29, 0.717) is 22.9 Å². The number of ether oxygens (including phenoxy) is 1. The van der Waals surface area contributed by atoms with Crippen LogP contribution >= 0.6 is 0 Å². The van der Waals surface area contributed by atoms with Crippen molar-refractivity contribution in [2.45, 2.75) is 58.8 Å². The van der Waals surface area contributed by atoms with Gasteiger partial charge in [-0.2, -0.15) is 92.8 Å². The molecule has 2 aromatic heterocycles. The Morgan fingerprint density at radius 2 is 0.958 bits per heavy atom. The summed E-state index contributed by atoms with van der Waals surface area (Å²) in [6, 6.07) is 68.2. The molecule has 72 heavy (non-hydrogen) atoms. The van der Waals surface area contributed by atoms with Gasteiger partial charge in [-0.05, 0) is 93.1 Å². The molecule has 0 fully saturated rings. The molecule has 3 aliphatic rings. The summed E-state index contributed by atoms with van der Waals surface area (Å²) in [6.07, 6.45) is 7.90. The first kappa shape index (κ1) is 51.9. The maximum absolute atomic E-state index is 6.31. The number of hydrogen-bond donors (Lipinski definition) is 0. The van der Waals surface area contributed by atoms with Crippen LogP contribution in [-0.2, 0) is 46.6 Å². The molecule has 9 nitrogen and oxygen atoms in total. The number of unbranched alkanes of at least 4 members (excludes halogenated alkanes) is 2. The quantitative estimate of drug-likeness (QED) is 0.0783. The maximum atomic E-state index is 6.31. The van der Waals surface area contributed by atoms with Gasteiger partial charge in [-0.1, -0.05) is 70.5 Å². The number of para-hydroxylation sites is 8. The third-order valence-corrected chi connectivity index (χ3v) is 12.5. The van der Waals surface area contributed by atoms with E-state index < -0.39 is 0 Å². The summed E-state index contributed by atoms with van der Waals surface area (Å²) in [4.78, 5) is 22.4. The van der Waals surface area contributed by atoms with E-state index >= 15 is 0 Å². The molecule has 11 rings (SSSR count). The van der Waals surface area contributed by atoms with Gasteiger partial charge in [0.25, 0.3) is 0 Å². The van der Waals surface area contributed by atoms with E-state index in [9.17, 15) is 0 Å². The maximum Gasteiger partial charge on any atom is 0.0326 e. The van der Waals surface area contributed by atoms with Crippen molar-refractivity contribution < 1.29 is 45.9 Å². The molecule has 0 aliphatic carbocycles. The van der Waals surface area contributed by atoms with Crippen LogP contribution in [-0.4, -0.2) is 29.6 Å². The zero-order valence-corrected chi connectivity index (χ0v) is 45.6. The number of aromatic nitrogens is 2. The van der Waals surface area contributed by atoms with Crippen LogP contribution in [0.1, 0.15) is 58.9 Å². The van der Waals surface area contributed by atoms with Crippen LogP contribution in [0.2, 0.25) is 0 Å². The second-order valence-corrected chi connectivity index (χ2v) is 18.4. The topological polar surface area (TPSA) is 54.5 Å². The standard InChI is InChI=1S/C31H30N4O.C30H26N4.Ir.Pt/c1-5-6-17-34-22-35(30-13-8-7-12-29(30)34)24-18-23(31(2,3)4)19-26(20-24)36-25-14-16-33-28(21-25)27-11-9-10-15-32-27;1-3-13-25(14-4-1)33-23-31(27-17-7-9-19-29(27)33)21-11-12-22-32-24-34(26-15-5-2-6-16-26)30-20-10-8-18-28(30)32;;/h7-10,12-16,18-19,22H,5-6,17H2,1-4H3;1-10,13,15,17-20,23-24H,11-12,21-22H2;;/q2*-4;;. The van der Waals surface area contributed by atoms with Gasteiger partial charge in [0, 0.05) is 86.8 Å². The first-order valence-corrected chi connectivity index (χ1v) is 24.2. The Morgan fingerprint density at radius 1 is 0.486 bits per heavy atom. The molecule has 6 aromatic carbocycles. The van der Waals surface area contributed by atoms with Gasteiger partial charge in [-0.3, -0.25) is 0 Å². The van der Waals surface area contributed by atoms with Gasteiger partial charge in [0.15, 0.2) is 0 Å². The summed E-state index contributed by atoms with van der Waals surface area (Å²) in [5.74, 6) is 1.19. The monoisotopic (exact) mass is 1300 g/mol. The molecule has 0 saturated heterocycles. The average molecular weight is 1300 g/mol. The molecule has 11 heteroatoms. The van der Waals surface area contributed by atoms with E-state index in [0.717, 1.165) is 73.6 Å². The fourth-order valence-electron chi connectivity index (χ4n) is 8.86. The Labute approximate surface area is 454 Å². The first-order chi connectivity index (χ1) is 34.3. The normalized spacial score (nSPS) is 13.4. The van der Waals surface area contributed by atoms with Crippen molar-refractivity contribution in [3.63, 3.8) is 0 Å². The fourth-order valence-corrected chi connectivity index (χ4v) is 8.86. The summed E-state index contributed by atoms with van der Waals surface area (Å²) in [5.41, 5.74) is 12.7. The van der Waals surface area contributed by atoms with Crippen molar-refractivity contribution in [2.24, 2.45) is 0 Å². The second kappa shape index (κ2) is 23.9. The number of anilines is 9. The third kappa shape index (κ3) is 11.7. The fraction of sp³-hybridized carbons (Fsp3) is 0.197. The smallest absolute Gasteiger partial charge is 0.0326 e. The van der Waals surface area contributed by atoms with Gasteiger partial charge in [-0.15, -0.1) is 64.3 Å². The molecule has 0 N–H and O–H groups in total. The second-order valence-electron chi connectivity index (χ2n) is 18.4. The van der Waals surface area contributed by atoms with Crippen LogP contribution in [0.3, 0.4) is 0 Å². The van der Waals surface area contributed by atoms with Gasteiger partial charge < -0.3 is 44.1 Å². The minimum Gasteiger partial charge on any atom is -0.510 e. The van der Waals surface area contributed by atoms with Crippen LogP contribution in [0.25, 0.3) is 11.4 Å². The molecule has 5 heterocycles. The van der Waals surface area contributed by atoms with E-state index in [1.165, 1.54) is 28.4 Å². The summed E-state index contributed by atoms with van der Waals surface area (Å²) >= 11 is 0. The Bertz CT molecular complexity index is 2890. The van der Waals surface area contributed by atoms with Gasteiger partial charge in [0.2, 0.25) is 0 Å². The Balaban J connectivity index is 0.000000188. The molecular weight excluding hydrogens is 1250 g/mol. The van der Waals surface area contributed by atoms with Gasteiger partial charge in [0.1, 0.15) is 0 Å². The van der Waals surface area contributed by atoms with E-state index in [-0.39, 0.29) is 46.6 Å². The summed E-state index contributed by atoms with van der Waals surface area (Å²) in [5, 5.41) is 0. The predicted octanol–water partition coefficient (Wildman–Crippen LogP) is 14.4. The Morgan fingerprint density at radius 3 is 1.43 bits per heavy atom. The molecular formula is C61H56IrN8OPt-8. The van der Waals surface area contributed by atoms with E-state index in [4.69, 9.17) is 4.74 Å². The Kier molecular flexibility index (Phi) is 17.2. The zero-order chi connectivity index (χ0) is 47.9. The molecule has 373 valence electrons. The van der Waals surface area contributed by atoms with Crippen LogP contribution < -0.4 is 34.1 Å². The van der Waals surface area contributed by atoms with Crippen LogP contribution in [0.15, 0.2) is 164 Å². The number of pyridine rings is 2. The van der Waals surface area contributed by atoms with Crippen LogP contribution in [0, 0.1) is 50.3 Å². The minimum absolute atomic E-state index is 0. The number of nitrogens with zero attached hydrogens (tertiary/aromatic N) is 8. The first-order valence-electron chi connectivity index (χ1n) is 24.2. The molecule has 1 radical (unpaired) electrons. The van der Waals surface area contributed by atoms with Gasteiger partial charge in [0.05, 0.1) is 0 Å². The molecule has 3 aliphatic heterocycles. The van der Waals surface area contributed by atoms with Crippen molar-refractivity contribution in [3.05, 3.63) is 220 Å². The number of fused-ring (bicyclic) bond motifs is 3. The molecule has 0 spiro atoms. The SMILES string of the molecule is CCCCN1[CH-]N(c2[c-]c(Oc3[c-]c(-c4[c-]cccn4)ncc3)cc(C(C)(C)C)c2)c2ccccc21.[Ir].[Pt].[c-]1ccccc1N1[CH-]N(CCCCN2[CH-]N(c3[c-]cccc3)c3ccccc32)c2ccccc21. The van der Waals surface area contributed by atoms with Crippen molar-refractivity contribution in [3.8, 4) is 22.9 Å². The van der Waals surface area contributed by atoms with Gasteiger partial charge in [-0.25, -0.2) is 6.07 Å². The summed E-state index contributed by atoms with van der Waals surface area (Å²) in [7, 11) is 0. The average Bonchev–Trinajstić information content (AvgIpc) is 4.09. The number of benzene rings is 6. The predicted molar refractivity (Wildman–Crippen MR) is 285 cm³/mol. The number of hydrogen-bond acceptors (Lipinski definition) is 9. The minimum atomic E-state index is -0.0703. The summed E-state index contributed by atoms with van der Waals surface area (Å²) in [6.45, 7) is 18.4. The van der Waals surface area contributed by atoms with Crippen LogP contribution in [0.4, 0.5) is 51.2 Å². The molecule has 0 saturated carbocycles. The molecule has 0 atom stereocenters. The van der Waals surface area contributed by atoms with Crippen molar-refractivity contribution in [1.82, 2.24) is 9.97 Å². The van der Waals surface area contributed by atoms with E-state index in [2.05, 4.69) is 227 Å². The zero-order valence-electron chi connectivity index (χ0n) is 40.9. The molecule has 0 amide bonds. The van der Waals surface area contributed by atoms with Gasteiger partial charge >= 0.3 is 0 Å². The molecule has 8 aromatic rings.